The summed E-state index contributed by atoms with van der Waals surface area (Å²) in [5.41, 5.74) is 4.42. The normalized spacial score (nSPS) is 12.9. The van der Waals surface area contributed by atoms with Gasteiger partial charge in [0.15, 0.2) is 9.84 Å². The first kappa shape index (κ1) is 15.5. The molecule has 0 fully saturated rings. The quantitative estimate of drug-likeness (QED) is 0.648. The molecule has 0 saturated carbocycles. The predicted molar refractivity (Wildman–Crippen MR) is 81.7 cm³/mol. The van der Waals surface area contributed by atoms with Crippen LogP contribution in [0.3, 0.4) is 0 Å². The maximum Gasteiger partial charge on any atom is 0.175 e. The number of methoxy groups -OCH3 is 1. The lowest BCUT2D eigenvalue weighted by molar-refractivity contribution is 0.414. The van der Waals surface area contributed by atoms with E-state index in [4.69, 9.17) is 10.6 Å². The van der Waals surface area contributed by atoms with E-state index in [1.54, 1.807) is 25.3 Å². The standard InChI is InChI=1S/C15H18N2O3S/c1-20-13-8-6-11(7-9-13)15(17-16)12-4-3-5-14(10-12)21(2,18)19/h3-10,15,17H,16H2,1-2H3. The number of ether oxygens (including phenoxy) is 1. The number of nitrogens with one attached hydrogen (secondary N) is 1. The lowest BCUT2D eigenvalue weighted by Crippen LogP contribution is -2.28. The molecule has 0 bridgehead atoms. The number of nitrogens with two attached hydrogens (primary N) is 1. The molecule has 1 unspecified atom stereocenters. The second-order valence-electron chi connectivity index (χ2n) is 4.72. The van der Waals surface area contributed by atoms with Crippen LogP contribution in [0.2, 0.25) is 0 Å². The van der Waals surface area contributed by atoms with Crippen molar-refractivity contribution in [2.75, 3.05) is 13.4 Å². The fourth-order valence-electron chi connectivity index (χ4n) is 2.11. The highest BCUT2D eigenvalue weighted by molar-refractivity contribution is 7.90. The summed E-state index contributed by atoms with van der Waals surface area (Å²) in [5, 5.41) is 0. The van der Waals surface area contributed by atoms with Crippen molar-refractivity contribution in [1.29, 1.82) is 0 Å². The van der Waals surface area contributed by atoms with Gasteiger partial charge >= 0.3 is 0 Å². The molecule has 0 aliphatic rings. The summed E-state index contributed by atoms with van der Waals surface area (Å²) < 4.78 is 28.4. The van der Waals surface area contributed by atoms with Gasteiger partial charge in [-0.2, -0.15) is 0 Å². The van der Waals surface area contributed by atoms with E-state index in [9.17, 15) is 8.42 Å². The Kier molecular flexibility index (Phi) is 4.62. The fraction of sp³-hybridized carbons (Fsp3) is 0.200. The molecule has 0 amide bonds. The van der Waals surface area contributed by atoms with Crippen LogP contribution in [0, 0.1) is 0 Å². The Balaban J connectivity index is 2.41. The van der Waals surface area contributed by atoms with Crippen LogP contribution < -0.4 is 16.0 Å². The highest BCUT2D eigenvalue weighted by Gasteiger charge is 2.15. The molecule has 2 rings (SSSR count). The lowest BCUT2D eigenvalue weighted by atomic mass is 9.99. The topological polar surface area (TPSA) is 81.4 Å². The predicted octanol–water partition coefficient (Wildman–Crippen LogP) is 1.65. The van der Waals surface area contributed by atoms with Crippen LogP contribution in [0.25, 0.3) is 0 Å². The lowest BCUT2D eigenvalue weighted by Gasteiger charge is -2.18. The molecular formula is C15H18N2O3S. The first-order valence-electron chi connectivity index (χ1n) is 6.36. The van der Waals surface area contributed by atoms with Gasteiger partial charge in [-0.3, -0.25) is 5.84 Å². The van der Waals surface area contributed by atoms with Gasteiger partial charge < -0.3 is 4.74 Å². The summed E-state index contributed by atoms with van der Waals surface area (Å²) in [7, 11) is -1.65. The maximum atomic E-state index is 11.6. The molecule has 2 aromatic carbocycles. The molecule has 0 aliphatic heterocycles. The summed E-state index contributed by atoms with van der Waals surface area (Å²) in [6.45, 7) is 0. The van der Waals surface area contributed by atoms with Gasteiger partial charge in [0.2, 0.25) is 0 Å². The summed E-state index contributed by atoms with van der Waals surface area (Å²) in [6, 6.07) is 13.9. The van der Waals surface area contributed by atoms with Crippen molar-refractivity contribution in [3.8, 4) is 5.75 Å². The van der Waals surface area contributed by atoms with Crippen LogP contribution in [0.1, 0.15) is 17.2 Å². The molecule has 0 aromatic heterocycles. The third kappa shape index (κ3) is 3.60. The van der Waals surface area contributed by atoms with Crippen LogP contribution in [0.4, 0.5) is 0 Å². The maximum absolute atomic E-state index is 11.6. The largest absolute Gasteiger partial charge is 0.497 e. The molecule has 2 aromatic rings. The SMILES string of the molecule is COc1ccc(C(NN)c2cccc(S(C)(=O)=O)c2)cc1. The van der Waals surface area contributed by atoms with Crippen molar-refractivity contribution in [2.24, 2.45) is 5.84 Å². The van der Waals surface area contributed by atoms with Crippen LogP contribution >= 0.6 is 0 Å². The molecular weight excluding hydrogens is 288 g/mol. The van der Waals surface area contributed by atoms with Crippen LogP contribution in [0.15, 0.2) is 53.4 Å². The van der Waals surface area contributed by atoms with Gasteiger partial charge in [0.25, 0.3) is 0 Å². The van der Waals surface area contributed by atoms with Crippen LogP contribution in [-0.2, 0) is 9.84 Å². The molecule has 0 aliphatic carbocycles. The number of hydrogen-bond donors (Lipinski definition) is 2. The Morgan fingerprint density at radius 2 is 1.76 bits per heavy atom. The van der Waals surface area contributed by atoms with E-state index in [1.165, 1.54) is 6.26 Å². The fourth-order valence-corrected chi connectivity index (χ4v) is 2.78. The molecule has 3 N–H and O–H groups in total. The van der Waals surface area contributed by atoms with Gasteiger partial charge in [0, 0.05) is 6.26 Å². The molecule has 1 atom stereocenters. The smallest absolute Gasteiger partial charge is 0.175 e. The van der Waals surface area contributed by atoms with E-state index in [0.29, 0.717) is 0 Å². The molecule has 21 heavy (non-hydrogen) atoms. The number of benzene rings is 2. The minimum atomic E-state index is -3.25. The van der Waals surface area contributed by atoms with Crippen molar-refractivity contribution >= 4 is 9.84 Å². The Bertz CT molecular complexity index is 712. The van der Waals surface area contributed by atoms with Crippen molar-refractivity contribution in [1.82, 2.24) is 5.43 Å². The third-order valence-corrected chi connectivity index (χ3v) is 4.35. The molecule has 0 saturated heterocycles. The van der Waals surface area contributed by atoms with Gasteiger partial charge in [0.05, 0.1) is 18.0 Å². The zero-order valence-corrected chi connectivity index (χ0v) is 12.7. The number of hydrazine groups is 1. The highest BCUT2D eigenvalue weighted by Crippen LogP contribution is 2.25. The minimum absolute atomic E-state index is 0.272. The summed E-state index contributed by atoms with van der Waals surface area (Å²) in [5.74, 6) is 6.39. The van der Waals surface area contributed by atoms with E-state index in [-0.39, 0.29) is 10.9 Å². The van der Waals surface area contributed by atoms with E-state index in [1.807, 2.05) is 30.3 Å². The van der Waals surface area contributed by atoms with Gasteiger partial charge in [-0.05, 0) is 35.4 Å². The summed E-state index contributed by atoms with van der Waals surface area (Å²) in [4.78, 5) is 0.272. The van der Waals surface area contributed by atoms with Crippen molar-refractivity contribution in [3.05, 3.63) is 59.7 Å². The minimum Gasteiger partial charge on any atom is -0.497 e. The average Bonchev–Trinajstić information content (AvgIpc) is 2.48. The van der Waals surface area contributed by atoms with Crippen LogP contribution in [0.5, 0.6) is 5.75 Å². The monoisotopic (exact) mass is 306 g/mol. The van der Waals surface area contributed by atoms with Crippen LogP contribution in [-0.4, -0.2) is 21.8 Å². The molecule has 0 heterocycles. The zero-order valence-electron chi connectivity index (χ0n) is 11.9. The third-order valence-electron chi connectivity index (χ3n) is 3.24. The Labute approximate surface area is 124 Å². The number of rotatable bonds is 5. The van der Waals surface area contributed by atoms with Crippen molar-refractivity contribution in [2.45, 2.75) is 10.9 Å². The second kappa shape index (κ2) is 6.26. The Hall–Kier alpha value is -1.89. The van der Waals surface area contributed by atoms with E-state index >= 15 is 0 Å². The molecule has 0 radical (unpaired) electrons. The van der Waals surface area contributed by atoms with Crippen molar-refractivity contribution in [3.63, 3.8) is 0 Å². The van der Waals surface area contributed by atoms with E-state index in [0.717, 1.165) is 16.9 Å². The number of hydrogen-bond acceptors (Lipinski definition) is 5. The Morgan fingerprint density at radius 1 is 1.10 bits per heavy atom. The first-order chi connectivity index (χ1) is 9.95. The van der Waals surface area contributed by atoms with Crippen molar-refractivity contribution < 1.29 is 13.2 Å². The molecule has 6 heteroatoms. The zero-order chi connectivity index (χ0) is 15.5. The van der Waals surface area contributed by atoms with Gasteiger partial charge in [-0.25, -0.2) is 13.8 Å². The summed E-state index contributed by atoms with van der Waals surface area (Å²) in [6.07, 6.45) is 1.18. The second-order valence-corrected chi connectivity index (χ2v) is 6.73. The van der Waals surface area contributed by atoms with Gasteiger partial charge in [-0.15, -0.1) is 0 Å². The summed E-state index contributed by atoms with van der Waals surface area (Å²) >= 11 is 0. The molecule has 5 nitrogen and oxygen atoms in total. The first-order valence-corrected chi connectivity index (χ1v) is 8.25. The molecule has 112 valence electrons. The number of sulfone groups is 1. The molecule has 0 spiro atoms. The average molecular weight is 306 g/mol. The van der Waals surface area contributed by atoms with E-state index in [2.05, 4.69) is 5.43 Å². The highest BCUT2D eigenvalue weighted by atomic mass is 32.2. The van der Waals surface area contributed by atoms with E-state index < -0.39 is 9.84 Å². The Morgan fingerprint density at radius 3 is 2.29 bits per heavy atom. The van der Waals surface area contributed by atoms with Gasteiger partial charge in [-0.1, -0.05) is 24.3 Å². The van der Waals surface area contributed by atoms with Gasteiger partial charge in [0.1, 0.15) is 5.75 Å².